The molecule has 2 heteroatoms. The summed E-state index contributed by atoms with van der Waals surface area (Å²) in [5, 5.41) is 2.60. The summed E-state index contributed by atoms with van der Waals surface area (Å²) in [7, 11) is 0. The second kappa shape index (κ2) is 7.04. The molecule has 0 fully saturated rings. The number of aliphatic imine (C=N–C) groups is 1. The Morgan fingerprint density at radius 3 is 1.97 bits per heavy atom. The number of benzene rings is 5. The van der Waals surface area contributed by atoms with Crippen LogP contribution in [0.4, 0.5) is 5.69 Å². The van der Waals surface area contributed by atoms with Crippen molar-refractivity contribution in [2.75, 3.05) is 0 Å². The van der Waals surface area contributed by atoms with E-state index in [1.54, 1.807) is 0 Å². The average Bonchev–Trinajstić information content (AvgIpc) is 3.60. The Balaban J connectivity index is 1.43. The molecule has 1 aromatic heterocycles. The quantitative estimate of drug-likeness (QED) is 0.256. The van der Waals surface area contributed by atoms with Crippen molar-refractivity contribution in [2.24, 2.45) is 4.99 Å². The Hall–Kier alpha value is -4.43. The van der Waals surface area contributed by atoms with E-state index in [1.807, 2.05) is 0 Å². The molecular formula is C33H22N2. The van der Waals surface area contributed by atoms with Gasteiger partial charge in [0.25, 0.3) is 0 Å². The van der Waals surface area contributed by atoms with Gasteiger partial charge >= 0.3 is 0 Å². The minimum atomic E-state index is 0.888. The molecule has 2 nitrogen and oxygen atoms in total. The van der Waals surface area contributed by atoms with Crippen molar-refractivity contribution < 1.29 is 0 Å². The highest BCUT2D eigenvalue weighted by molar-refractivity contribution is 6.13. The zero-order chi connectivity index (χ0) is 22.9. The first-order valence-corrected chi connectivity index (χ1v) is 12.3. The summed E-state index contributed by atoms with van der Waals surface area (Å²) in [6.07, 6.45) is 1.83. The molecule has 164 valence electrons. The molecule has 0 bridgehead atoms. The van der Waals surface area contributed by atoms with Crippen LogP contribution in [0.2, 0.25) is 0 Å². The molecule has 35 heavy (non-hydrogen) atoms. The highest BCUT2D eigenvalue weighted by atomic mass is 15.0. The van der Waals surface area contributed by atoms with Crippen molar-refractivity contribution in [3.63, 3.8) is 0 Å². The van der Waals surface area contributed by atoms with Crippen LogP contribution in [-0.4, -0.2) is 10.3 Å². The van der Waals surface area contributed by atoms with Crippen LogP contribution in [0.3, 0.4) is 0 Å². The molecule has 0 saturated carbocycles. The molecule has 2 heterocycles. The lowest BCUT2D eigenvalue weighted by molar-refractivity contribution is 1.12. The molecular weight excluding hydrogens is 424 g/mol. The van der Waals surface area contributed by atoms with Gasteiger partial charge in [0.05, 0.1) is 28.1 Å². The first-order valence-electron chi connectivity index (χ1n) is 12.3. The molecule has 0 atom stereocenters. The largest absolute Gasteiger partial charge is 0.309 e. The van der Waals surface area contributed by atoms with Crippen LogP contribution in [0, 0.1) is 0 Å². The topological polar surface area (TPSA) is 17.3 Å². The molecule has 0 saturated heterocycles. The predicted octanol–water partition coefficient (Wildman–Crippen LogP) is 8.03. The summed E-state index contributed by atoms with van der Waals surface area (Å²) in [6, 6.07) is 39.6. The lowest BCUT2D eigenvalue weighted by Crippen LogP contribution is -2.06. The fourth-order valence-corrected chi connectivity index (χ4v) is 6.15. The van der Waals surface area contributed by atoms with Gasteiger partial charge in [-0.3, -0.25) is 4.99 Å². The maximum Gasteiger partial charge on any atom is 0.0669 e. The number of rotatable bonds is 2. The van der Waals surface area contributed by atoms with Crippen molar-refractivity contribution in [2.45, 2.75) is 12.8 Å². The Morgan fingerprint density at radius 2 is 1.20 bits per heavy atom. The van der Waals surface area contributed by atoms with Crippen LogP contribution in [0.25, 0.3) is 38.6 Å². The molecule has 1 aliphatic carbocycles. The maximum absolute atomic E-state index is 5.07. The molecule has 0 N–H and O–H groups in total. The maximum atomic E-state index is 5.07. The van der Waals surface area contributed by atoms with Crippen LogP contribution in [0.1, 0.15) is 22.3 Å². The molecule has 0 unspecified atom stereocenters. The zero-order valence-electron chi connectivity index (χ0n) is 19.2. The van der Waals surface area contributed by atoms with Gasteiger partial charge in [-0.15, -0.1) is 0 Å². The highest BCUT2D eigenvalue weighted by Crippen LogP contribution is 2.45. The van der Waals surface area contributed by atoms with Gasteiger partial charge in [0.15, 0.2) is 0 Å². The van der Waals surface area contributed by atoms with E-state index < -0.39 is 0 Å². The summed E-state index contributed by atoms with van der Waals surface area (Å²) < 4.78 is 2.46. The Kier molecular flexibility index (Phi) is 3.81. The molecule has 5 aromatic carbocycles. The lowest BCUT2D eigenvalue weighted by atomic mass is 9.93. The van der Waals surface area contributed by atoms with Crippen LogP contribution in [-0.2, 0) is 12.8 Å². The minimum absolute atomic E-state index is 0.888. The molecule has 8 rings (SSSR count). The number of hydrogen-bond acceptors (Lipinski definition) is 1. The van der Waals surface area contributed by atoms with Gasteiger partial charge in [-0.05, 0) is 52.1 Å². The van der Waals surface area contributed by atoms with Crippen molar-refractivity contribution in [1.82, 2.24) is 4.57 Å². The monoisotopic (exact) mass is 446 g/mol. The van der Waals surface area contributed by atoms with Crippen molar-refractivity contribution in [1.29, 1.82) is 0 Å². The lowest BCUT2D eigenvalue weighted by Gasteiger charge is -2.17. The van der Waals surface area contributed by atoms with Gasteiger partial charge in [0, 0.05) is 29.2 Å². The third-order valence-corrected chi connectivity index (χ3v) is 7.68. The Labute approximate surface area is 203 Å². The first-order chi connectivity index (χ1) is 17.4. The fraction of sp³-hybridized carbons (Fsp3) is 0.0606. The van der Waals surface area contributed by atoms with E-state index in [4.69, 9.17) is 4.99 Å². The molecule has 0 spiro atoms. The van der Waals surface area contributed by atoms with E-state index in [-0.39, 0.29) is 0 Å². The molecule has 0 amide bonds. The summed E-state index contributed by atoms with van der Waals surface area (Å²) in [4.78, 5) is 5.07. The second-order valence-corrected chi connectivity index (χ2v) is 9.55. The van der Waals surface area contributed by atoms with E-state index in [9.17, 15) is 0 Å². The van der Waals surface area contributed by atoms with Gasteiger partial charge in [0.1, 0.15) is 0 Å². The molecule has 2 aliphatic rings. The first kappa shape index (κ1) is 18.9. The predicted molar refractivity (Wildman–Crippen MR) is 145 cm³/mol. The van der Waals surface area contributed by atoms with E-state index in [1.165, 1.54) is 66.6 Å². The third-order valence-electron chi connectivity index (χ3n) is 7.68. The molecule has 0 radical (unpaired) electrons. The number of fused-ring (bicyclic) bond motifs is 7. The number of para-hydroxylation sites is 3. The third kappa shape index (κ3) is 2.62. The highest BCUT2D eigenvalue weighted by Gasteiger charge is 2.29. The Morgan fingerprint density at radius 1 is 0.543 bits per heavy atom. The number of nitrogens with zero attached hydrogens (tertiary/aromatic N) is 2. The summed E-state index contributed by atoms with van der Waals surface area (Å²) >= 11 is 0. The molecule has 1 aliphatic heterocycles. The number of hydrogen-bond donors (Lipinski definition) is 0. The van der Waals surface area contributed by atoms with Crippen LogP contribution in [0.5, 0.6) is 0 Å². The van der Waals surface area contributed by atoms with Crippen LogP contribution in [0.15, 0.2) is 114 Å². The smallest absolute Gasteiger partial charge is 0.0669 e. The standard InChI is InChI=1S/C33H22N2/c1-3-11-23-21(9-1)19-27-32(35-30-15-7-4-12-24(30)25-13-5-8-16-31(25)35)18-17-26(33(23)27)29-20-22-10-2-6-14-28(22)34-29/h1-18H,19-20H2. The van der Waals surface area contributed by atoms with Gasteiger partial charge < -0.3 is 4.57 Å². The number of aromatic nitrogens is 1. The van der Waals surface area contributed by atoms with Gasteiger partial charge in [0.2, 0.25) is 0 Å². The Bertz CT molecular complexity index is 1800. The van der Waals surface area contributed by atoms with Gasteiger partial charge in [-0.1, -0.05) is 84.9 Å². The van der Waals surface area contributed by atoms with Crippen molar-refractivity contribution in [3.8, 4) is 16.8 Å². The minimum Gasteiger partial charge on any atom is -0.309 e. The van der Waals surface area contributed by atoms with Crippen molar-refractivity contribution in [3.05, 3.63) is 131 Å². The summed E-state index contributed by atoms with van der Waals surface area (Å²) in [5.74, 6) is 0. The van der Waals surface area contributed by atoms with E-state index in [0.29, 0.717) is 0 Å². The normalized spacial score (nSPS) is 13.7. The zero-order valence-corrected chi connectivity index (χ0v) is 19.2. The van der Waals surface area contributed by atoms with Crippen LogP contribution < -0.4 is 0 Å². The SMILES string of the molecule is c1ccc2c(c1)CC(c1ccc(-n3c4ccccc4c4ccccc43)c3c1-c1ccccc1C3)=N2. The van der Waals surface area contributed by atoms with E-state index in [2.05, 4.69) is 114 Å². The van der Waals surface area contributed by atoms with E-state index in [0.717, 1.165) is 18.5 Å². The molecule has 6 aromatic rings. The van der Waals surface area contributed by atoms with E-state index >= 15 is 0 Å². The average molecular weight is 447 g/mol. The van der Waals surface area contributed by atoms with Gasteiger partial charge in [-0.25, -0.2) is 0 Å². The summed E-state index contributed by atoms with van der Waals surface area (Å²) in [5.41, 5.74) is 14.1. The second-order valence-electron chi connectivity index (χ2n) is 9.55. The van der Waals surface area contributed by atoms with Crippen molar-refractivity contribution >= 4 is 33.2 Å². The summed E-state index contributed by atoms with van der Waals surface area (Å²) in [6.45, 7) is 0. The van der Waals surface area contributed by atoms with Gasteiger partial charge in [-0.2, -0.15) is 0 Å². The fourth-order valence-electron chi connectivity index (χ4n) is 6.15. The van der Waals surface area contributed by atoms with Crippen LogP contribution >= 0.6 is 0 Å².